The van der Waals surface area contributed by atoms with E-state index in [0.29, 0.717) is 38.5 Å². The zero-order valence-electron chi connectivity index (χ0n) is 23.7. The number of nitrogens with two attached hydrogens (primary N) is 1. The van der Waals surface area contributed by atoms with Crippen molar-refractivity contribution in [1.82, 2.24) is 14.5 Å². The highest BCUT2D eigenvalue weighted by atomic mass is 32.2. The van der Waals surface area contributed by atoms with Crippen molar-refractivity contribution in [1.29, 1.82) is 0 Å². The van der Waals surface area contributed by atoms with Crippen LogP contribution in [-0.4, -0.2) is 99.9 Å². The van der Waals surface area contributed by atoms with Crippen molar-refractivity contribution in [2.45, 2.75) is 49.8 Å². The SMILES string of the molecule is COCCN(CC(=O)N[C@@H](Cc1ccccc1)[C@H](O)CN(CC(C)C)S(=O)(=O)c1ccc(N)cc1)[C@@H]1CCOC1. The number of nitrogens with one attached hydrogen (secondary N) is 1. The van der Waals surface area contributed by atoms with Crippen molar-refractivity contribution in [3.8, 4) is 0 Å². The van der Waals surface area contributed by atoms with E-state index in [-0.39, 0.29) is 42.4 Å². The molecule has 0 spiro atoms. The summed E-state index contributed by atoms with van der Waals surface area (Å²) in [6.45, 7) is 6.26. The predicted octanol–water partition coefficient (Wildman–Crippen LogP) is 1.74. The third-order valence-corrected chi connectivity index (χ3v) is 8.78. The molecule has 3 atom stereocenters. The van der Waals surface area contributed by atoms with Crippen LogP contribution < -0.4 is 11.1 Å². The number of sulfonamides is 1. The molecule has 3 rings (SSSR count). The Bertz CT molecular complexity index is 1140. The maximum atomic E-state index is 13.6. The summed E-state index contributed by atoms with van der Waals surface area (Å²) in [5.74, 6) is -0.235. The number of hydrogen-bond acceptors (Lipinski definition) is 8. The van der Waals surface area contributed by atoms with Gasteiger partial charge in [-0.2, -0.15) is 4.31 Å². The van der Waals surface area contributed by atoms with Crippen LogP contribution in [0.2, 0.25) is 0 Å². The molecule has 222 valence electrons. The molecule has 1 fully saturated rings. The average molecular weight is 577 g/mol. The molecule has 4 N–H and O–H groups in total. The van der Waals surface area contributed by atoms with E-state index in [1.807, 2.05) is 49.1 Å². The normalized spacial score (nSPS) is 17.4. The van der Waals surface area contributed by atoms with E-state index >= 15 is 0 Å². The predicted molar refractivity (Wildman–Crippen MR) is 155 cm³/mol. The standard InChI is InChI=1S/C29H44N4O6S/c1-22(2)18-33(40(36,37)26-11-9-24(30)10-12-26)19-28(34)27(17-23-7-5-4-6-8-23)31-29(35)20-32(14-16-38-3)25-13-15-39-21-25/h4-12,22,25,27-28,34H,13-21,30H2,1-3H3,(H,31,35)/t25-,27+,28-/m1/s1. The summed E-state index contributed by atoms with van der Waals surface area (Å²) in [6, 6.07) is 14.9. The van der Waals surface area contributed by atoms with Gasteiger partial charge in [0, 0.05) is 45.1 Å². The van der Waals surface area contributed by atoms with Crippen molar-refractivity contribution < 1.29 is 27.8 Å². The van der Waals surface area contributed by atoms with Gasteiger partial charge in [-0.1, -0.05) is 44.2 Å². The van der Waals surface area contributed by atoms with E-state index in [4.69, 9.17) is 15.2 Å². The fraction of sp³-hybridized carbons (Fsp3) is 0.552. The highest BCUT2D eigenvalue weighted by Gasteiger charge is 2.32. The van der Waals surface area contributed by atoms with Crippen molar-refractivity contribution >= 4 is 21.6 Å². The van der Waals surface area contributed by atoms with Gasteiger partial charge < -0.3 is 25.6 Å². The summed E-state index contributed by atoms with van der Waals surface area (Å²) in [7, 11) is -2.29. The highest BCUT2D eigenvalue weighted by molar-refractivity contribution is 7.89. The van der Waals surface area contributed by atoms with Gasteiger partial charge in [0.05, 0.1) is 36.8 Å². The Hall–Kier alpha value is -2.54. The molecule has 1 amide bonds. The molecule has 40 heavy (non-hydrogen) atoms. The lowest BCUT2D eigenvalue weighted by Crippen LogP contribution is -2.53. The van der Waals surface area contributed by atoms with Gasteiger partial charge in [0.25, 0.3) is 0 Å². The number of ether oxygens (including phenoxy) is 2. The van der Waals surface area contributed by atoms with E-state index in [0.717, 1.165) is 12.0 Å². The Morgan fingerprint density at radius 1 is 1.15 bits per heavy atom. The van der Waals surface area contributed by atoms with Crippen LogP contribution in [0, 0.1) is 5.92 Å². The van der Waals surface area contributed by atoms with Crippen LogP contribution in [0.25, 0.3) is 0 Å². The molecule has 1 heterocycles. The molecule has 0 unspecified atom stereocenters. The van der Waals surface area contributed by atoms with Crippen LogP contribution in [0.4, 0.5) is 5.69 Å². The van der Waals surface area contributed by atoms with E-state index < -0.39 is 22.2 Å². The lowest BCUT2D eigenvalue weighted by Gasteiger charge is -2.32. The topological polar surface area (TPSA) is 134 Å². The molecule has 2 aromatic rings. The summed E-state index contributed by atoms with van der Waals surface area (Å²) < 4.78 is 39.2. The molecule has 1 aliphatic heterocycles. The van der Waals surface area contributed by atoms with Crippen LogP contribution in [0.3, 0.4) is 0 Å². The number of anilines is 1. The number of amides is 1. The summed E-state index contributed by atoms with van der Waals surface area (Å²) >= 11 is 0. The highest BCUT2D eigenvalue weighted by Crippen LogP contribution is 2.20. The minimum atomic E-state index is -3.91. The maximum Gasteiger partial charge on any atom is 0.243 e. The number of nitrogens with zero attached hydrogens (tertiary/aromatic N) is 2. The van der Waals surface area contributed by atoms with Crippen LogP contribution in [0.15, 0.2) is 59.5 Å². The molecule has 0 saturated carbocycles. The van der Waals surface area contributed by atoms with E-state index in [1.54, 1.807) is 19.2 Å². The monoisotopic (exact) mass is 576 g/mol. The van der Waals surface area contributed by atoms with Crippen molar-refractivity contribution in [3.63, 3.8) is 0 Å². The third kappa shape index (κ3) is 9.53. The van der Waals surface area contributed by atoms with Crippen molar-refractivity contribution in [2.75, 3.05) is 58.8 Å². The average Bonchev–Trinajstić information content (AvgIpc) is 3.46. The number of nitrogen functional groups attached to an aromatic ring is 1. The molecule has 2 aromatic carbocycles. The first kappa shape index (κ1) is 32.0. The van der Waals surface area contributed by atoms with Gasteiger partial charge in [0.1, 0.15) is 0 Å². The zero-order valence-corrected chi connectivity index (χ0v) is 24.6. The molecular weight excluding hydrogens is 532 g/mol. The van der Waals surface area contributed by atoms with Crippen LogP contribution in [0.5, 0.6) is 0 Å². The number of benzene rings is 2. The van der Waals surface area contributed by atoms with Crippen molar-refractivity contribution in [3.05, 3.63) is 60.2 Å². The molecule has 1 saturated heterocycles. The third-order valence-electron chi connectivity index (χ3n) is 6.94. The maximum absolute atomic E-state index is 13.6. The van der Waals surface area contributed by atoms with Gasteiger partial charge in [0.15, 0.2) is 0 Å². The second kappa shape index (κ2) is 15.5. The zero-order chi connectivity index (χ0) is 29.1. The summed E-state index contributed by atoms with van der Waals surface area (Å²) in [6.07, 6.45) is 0.0180. The quantitative estimate of drug-likeness (QED) is 0.257. The molecule has 0 aliphatic carbocycles. The number of methoxy groups -OCH3 is 1. The van der Waals surface area contributed by atoms with Crippen molar-refractivity contribution in [2.24, 2.45) is 5.92 Å². The Balaban J connectivity index is 1.80. The minimum absolute atomic E-state index is 0.0147. The molecule has 0 radical (unpaired) electrons. The van der Waals surface area contributed by atoms with Gasteiger partial charge >= 0.3 is 0 Å². The minimum Gasteiger partial charge on any atom is -0.399 e. The fourth-order valence-electron chi connectivity index (χ4n) is 4.80. The van der Waals surface area contributed by atoms with Gasteiger partial charge in [-0.05, 0) is 48.6 Å². The Kier molecular flexibility index (Phi) is 12.4. The number of rotatable bonds is 16. The summed E-state index contributed by atoms with van der Waals surface area (Å²) in [5, 5.41) is 14.5. The van der Waals surface area contributed by atoms with Crippen LogP contribution in [-0.2, 0) is 30.7 Å². The second-order valence-corrected chi connectivity index (χ2v) is 12.6. The molecule has 0 bridgehead atoms. The fourth-order valence-corrected chi connectivity index (χ4v) is 6.42. The second-order valence-electron chi connectivity index (χ2n) is 10.7. The van der Waals surface area contributed by atoms with Gasteiger partial charge in [-0.25, -0.2) is 8.42 Å². The van der Waals surface area contributed by atoms with Crippen LogP contribution >= 0.6 is 0 Å². The summed E-state index contributed by atoms with van der Waals surface area (Å²) in [5.41, 5.74) is 7.14. The lowest BCUT2D eigenvalue weighted by atomic mass is 10.0. The molecule has 10 nitrogen and oxygen atoms in total. The number of carbonyl (C=O) groups excluding carboxylic acids is 1. The number of aliphatic hydroxyl groups excluding tert-OH is 1. The van der Waals surface area contributed by atoms with E-state index in [1.165, 1.54) is 16.4 Å². The van der Waals surface area contributed by atoms with Gasteiger partial charge in [0.2, 0.25) is 15.9 Å². The first-order chi connectivity index (χ1) is 19.1. The Morgan fingerprint density at radius 2 is 1.85 bits per heavy atom. The molecule has 0 aromatic heterocycles. The number of carbonyl (C=O) groups is 1. The number of hydrogen-bond donors (Lipinski definition) is 3. The smallest absolute Gasteiger partial charge is 0.243 e. The Labute approximate surface area is 238 Å². The molecule has 11 heteroatoms. The number of aliphatic hydroxyl groups is 1. The van der Waals surface area contributed by atoms with E-state index in [9.17, 15) is 18.3 Å². The van der Waals surface area contributed by atoms with Gasteiger partial charge in [-0.15, -0.1) is 0 Å². The molecule has 1 aliphatic rings. The molecular formula is C29H44N4O6S. The summed E-state index contributed by atoms with van der Waals surface area (Å²) in [4.78, 5) is 15.4. The van der Waals surface area contributed by atoms with Gasteiger partial charge in [-0.3, -0.25) is 9.69 Å². The lowest BCUT2D eigenvalue weighted by molar-refractivity contribution is -0.124. The Morgan fingerprint density at radius 3 is 2.45 bits per heavy atom. The van der Waals surface area contributed by atoms with Crippen LogP contribution in [0.1, 0.15) is 25.8 Å². The largest absolute Gasteiger partial charge is 0.399 e. The first-order valence-corrected chi connectivity index (χ1v) is 15.2. The first-order valence-electron chi connectivity index (χ1n) is 13.8. The van der Waals surface area contributed by atoms with E-state index in [2.05, 4.69) is 5.32 Å².